The van der Waals surface area contributed by atoms with Gasteiger partial charge in [-0.2, -0.15) is 0 Å². The molecule has 7 nitrogen and oxygen atoms in total. The van der Waals surface area contributed by atoms with Gasteiger partial charge in [-0.3, -0.25) is 0 Å². The Labute approximate surface area is 188 Å². The third-order valence-electron chi connectivity index (χ3n) is 4.55. The molecule has 2 aromatic carbocycles. The number of hydrogen-bond donors (Lipinski definition) is 0. The van der Waals surface area contributed by atoms with E-state index >= 15 is 0 Å². The van der Waals surface area contributed by atoms with Crippen molar-refractivity contribution in [3.05, 3.63) is 65.6 Å². The van der Waals surface area contributed by atoms with Gasteiger partial charge in [0.25, 0.3) is 5.89 Å². The van der Waals surface area contributed by atoms with E-state index in [9.17, 15) is 4.79 Å². The molecule has 7 heteroatoms. The van der Waals surface area contributed by atoms with Crippen LogP contribution in [0.3, 0.4) is 0 Å². The minimum atomic E-state index is -0.680. The maximum atomic E-state index is 12.3. The van der Waals surface area contributed by atoms with Crippen LogP contribution in [0.1, 0.15) is 43.9 Å². The number of hydrogen-bond acceptors (Lipinski definition) is 7. The zero-order valence-electron chi connectivity index (χ0n) is 19.0. The van der Waals surface area contributed by atoms with Crippen LogP contribution in [0, 0.1) is 12.8 Å². The standard InChI is InChI=1S/C25H28N2O5/c1-16(2)15-30-21-12-8-19(14-22(21)29-5)9-13-23(28)31-18(4)24-26-27-25(32-24)20-10-6-17(3)7-11-20/h6-14,16,18H,15H2,1-5H3/b13-9+. The highest BCUT2D eigenvalue weighted by atomic mass is 16.6. The van der Waals surface area contributed by atoms with Gasteiger partial charge < -0.3 is 18.6 Å². The molecule has 32 heavy (non-hydrogen) atoms. The molecule has 1 aromatic heterocycles. The summed E-state index contributed by atoms with van der Waals surface area (Å²) in [6, 6.07) is 13.2. The molecule has 1 unspecified atom stereocenters. The van der Waals surface area contributed by atoms with E-state index in [-0.39, 0.29) is 5.89 Å². The third-order valence-corrected chi connectivity index (χ3v) is 4.55. The SMILES string of the molecule is COc1cc(/C=C/C(=O)OC(C)c2nnc(-c3ccc(C)cc3)o2)ccc1OCC(C)C. The number of aromatic nitrogens is 2. The lowest BCUT2D eigenvalue weighted by Gasteiger charge is -2.12. The van der Waals surface area contributed by atoms with E-state index in [0.717, 1.165) is 16.7 Å². The van der Waals surface area contributed by atoms with Crippen molar-refractivity contribution in [1.29, 1.82) is 0 Å². The molecule has 0 aliphatic rings. The van der Waals surface area contributed by atoms with Crippen molar-refractivity contribution in [2.45, 2.75) is 33.8 Å². The number of carbonyl (C=O) groups is 1. The minimum Gasteiger partial charge on any atom is -0.493 e. The molecular weight excluding hydrogens is 408 g/mol. The average Bonchev–Trinajstić information content (AvgIpc) is 3.27. The van der Waals surface area contributed by atoms with Gasteiger partial charge in [0.1, 0.15) is 0 Å². The Kier molecular flexibility index (Phi) is 7.65. The highest BCUT2D eigenvalue weighted by Gasteiger charge is 2.18. The second-order valence-electron chi connectivity index (χ2n) is 7.84. The molecule has 0 N–H and O–H groups in total. The first-order valence-electron chi connectivity index (χ1n) is 10.5. The first kappa shape index (κ1) is 23.1. The van der Waals surface area contributed by atoms with Crippen molar-refractivity contribution in [2.24, 2.45) is 5.92 Å². The average molecular weight is 437 g/mol. The van der Waals surface area contributed by atoms with Crippen molar-refractivity contribution in [2.75, 3.05) is 13.7 Å². The number of ether oxygens (including phenoxy) is 3. The maximum absolute atomic E-state index is 12.3. The smallest absolute Gasteiger partial charge is 0.331 e. The lowest BCUT2D eigenvalue weighted by Crippen LogP contribution is -2.06. The molecule has 1 atom stereocenters. The number of nitrogens with zero attached hydrogens (tertiary/aromatic N) is 2. The summed E-state index contributed by atoms with van der Waals surface area (Å²) < 4.78 is 22.2. The molecule has 168 valence electrons. The van der Waals surface area contributed by atoms with Gasteiger partial charge in [0, 0.05) is 11.6 Å². The van der Waals surface area contributed by atoms with Crippen LogP contribution < -0.4 is 9.47 Å². The molecule has 0 aliphatic carbocycles. The third kappa shape index (κ3) is 6.20. The van der Waals surface area contributed by atoms with Gasteiger partial charge in [-0.25, -0.2) is 4.79 Å². The monoisotopic (exact) mass is 436 g/mol. The summed E-state index contributed by atoms with van der Waals surface area (Å²) in [7, 11) is 1.58. The van der Waals surface area contributed by atoms with E-state index in [1.807, 2.05) is 43.3 Å². The van der Waals surface area contributed by atoms with Gasteiger partial charge in [-0.05, 0) is 55.7 Å². The summed E-state index contributed by atoms with van der Waals surface area (Å²) in [6.07, 6.45) is 2.31. The zero-order chi connectivity index (χ0) is 23.1. The van der Waals surface area contributed by atoms with Crippen molar-refractivity contribution in [1.82, 2.24) is 10.2 Å². The first-order valence-corrected chi connectivity index (χ1v) is 10.5. The molecule has 0 aliphatic heterocycles. The highest BCUT2D eigenvalue weighted by molar-refractivity contribution is 5.87. The number of methoxy groups -OCH3 is 1. The normalized spacial score (nSPS) is 12.2. The van der Waals surface area contributed by atoms with E-state index in [1.54, 1.807) is 26.2 Å². The summed E-state index contributed by atoms with van der Waals surface area (Å²) in [5.74, 6) is 1.76. The molecule has 0 radical (unpaired) electrons. The largest absolute Gasteiger partial charge is 0.493 e. The Morgan fingerprint density at radius 3 is 2.50 bits per heavy atom. The second-order valence-corrected chi connectivity index (χ2v) is 7.84. The molecule has 0 bridgehead atoms. The fourth-order valence-corrected chi connectivity index (χ4v) is 2.80. The van der Waals surface area contributed by atoms with E-state index < -0.39 is 12.1 Å². The van der Waals surface area contributed by atoms with Crippen LogP contribution in [-0.2, 0) is 9.53 Å². The predicted molar refractivity (Wildman–Crippen MR) is 121 cm³/mol. The van der Waals surface area contributed by atoms with Gasteiger partial charge >= 0.3 is 5.97 Å². The Bertz CT molecular complexity index is 1070. The summed E-state index contributed by atoms with van der Waals surface area (Å²) in [5.41, 5.74) is 2.73. The van der Waals surface area contributed by atoms with Crippen LogP contribution in [0.15, 0.2) is 53.0 Å². The van der Waals surface area contributed by atoms with Crippen LogP contribution in [0.4, 0.5) is 0 Å². The van der Waals surface area contributed by atoms with Gasteiger partial charge in [0.2, 0.25) is 5.89 Å². The molecule has 0 fully saturated rings. The predicted octanol–water partition coefficient (Wildman–Crippen LogP) is 5.41. The Morgan fingerprint density at radius 1 is 1.06 bits per heavy atom. The van der Waals surface area contributed by atoms with Crippen LogP contribution in [0.25, 0.3) is 17.5 Å². The van der Waals surface area contributed by atoms with E-state index in [4.69, 9.17) is 18.6 Å². The molecule has 1 heterocycles. The summed E-state index contributed by atoms with van der Waals surface area (Å²) in [6.45, 7) is 8.43. The Balaban J connectivity index is 1.61. The number of esters is 1. The summed E-state index contributed by atoms with van der Waals surface area (Å²) >= 11 is 0. The first-order chi connectivity index (χ1) is 15.4. The van der Waals surface area contributed by atoms with E-state index in [2.05, 4.69) is 24.0 Å². The van der Waals surface area contributed by atoms with Crippen molar-refractivity contribution in [3.8, 4) is 23.0 Å². The van der Waals surface area contributed by atoms with Gasteiger partial charge in [-0.15, -0.1) is 10.2 Å². The van der Waals surface area contributed by atoms with Gasteiger partial charge in [-0.1, -0.05) is 37.6 Å². The fourth-order valence-electron chi connectivity index (χ4n) is 2.80. The molecule has 3 rings (SSSR count). The van der Waals surface area contributed by atoms with Gasteiger partial charge in [0.05, 0.1) is 13.7 Å². The van der Waals surface area contributed by atoms with Crippen LogP contribution >= 0.6 is 0 Å². The lowest BCUT2D eigenvalue weighted by atomic mass is 10.1. The maximum Gasteiger partial charge on any atom is 0.331 e. The van der Waals surface area contributed by atoms with Crippen molar-refractivity contribution in [3.63, 3.8) is 0 Å². The van der Waals surface area contributed by atoms with E-state index in [0.29, 0.717) is 29.9 Å². The van der Waals surface area contributed by atoms with Crippen LogP contribution in [0.2, 0.25) is 0 Å². The number of benzene rings is 2. The van der Waals surface area contributed by atoms with Crippen molar-refractivity contribution < 1.29 is 23.4 Å². The second kappa shape index (κ2) is 10.6. The fraction of sp³-hybridized carbons (Fsp3) is 0.320. The lowest BCUT2D eigenvalue weighted by molar-refractivity contribution is -0.143. The molecule has 0 saturated carbocycles. The van der Waals surface area contributed by atoms with Crippen LogP contribution in [0.5, 0.6) is 11.5 Å². The molecule has 0 saturated heterocycles. The minimum absolute atomic E-state index is 0.232. The number of rotatable bonds is 9. The Hall–Kier alpha value is -3.61. The summed E-state index contributed by atoms with van der Waals surface area (Å²) in [4.78, 5) is 12.3. The summed E-state index contributed by atoms with van der Waals surface area (Å²) in [5, 5.41) is 8.04. The molecule has 0 spiro atoms. The molecular formula is C25H28N2O5. The zero-order valence-corrected chi connectivity index (χ0v) is 19.0. The molecule has 3 aromatic rings. The number of carbonyl (C=O) groups excluding carboxylic acids is 1. The number of aryl methyl sites for hydroxylation is 1. The highest BCUT2D eigenvalue weighted by Crippen LogP contribution is 2.29. The van der Waals surface area contributed by atoms with Crippen LogP contribution in [-0.4, -0.2) is 29.9 Å². The van der Waals surface area contributed by atoms with Gasteiger partial charge in [0.15, 0.2) is 17.6 Å². The topological polar surface area (TPSA) is 83.7 Å². The quantitative estimate of drug-likeness (QED) is 0.328. The Morgan fingerprint density at radius 2 is 1.81 bits per heavy atom. The van der Waals surface area contributed by atoms with Crippen molar-refractivity contribution >= 4 is 12.0 Å². The van der Waals surface area contributed by atoms with E-state index in [1.165, 1.54) is 6.08 Å². The molecule has 0 amide bonds.